The van der Waals surface area contributed by atoms with E-state index in [9.17, 15) is 19.1 Å². The van der Waals surface area contributed by atoms with Crippen LogP contribution in [-0.2, 0) is 5.60 Å². The van der Waals surface area contributed by atoms with Crippen molar-refractivity contribution in [3.63, 3.8) is 0 Å². The van der Waals surface area contributed by atoms with E-state index in [1.807, 2.05) is 13.0 Å². The third-order valence-electron chi connectivity index (χ3n) is 5.23. The molecule has 1 aliphatic rings. The first kappa shape index (κ1) is 18.3. The molecule has 1 saturated heterocycles. The molecule has 3 heterocycles. The summed E-state index contributed by atoms with van der Waals surface area (Å²) < 4.78 is 19.6. The number of carbonyl (C=O) groups excluding carboxylic acids is 1. The molecule has 1 fully saturated rings. The van der Waals surface area contributed by atoms with E-state index in [4.69, 9.17) is 4.42 Å². The highest BCUT2D eigenvalue weighted by Gasteiger charge is 2.38. The number of aryl methyl sites for hydroxylation is 1. The average Bonchev–Trinajstić information content (AvgIpc) is 2.69. The van der Waals surface area contributed by atoms with Crippen molar-refractivity contribution in [3.8, 4) is 0 Å². The summed E-state index contributed by atoms with van der Waals surface area (Å²) in [5.74, 6) is -1.17. The number of fused-ring (bicyclic) bond motifs is 1. The van der Waals surface area contributed by atoms with Crippen molar-refractivity contribution in [1.29, 1.82) is 0 Å². The minimum absolute atomic E-state index is 0.0423. The summed E-state index contributed by atoms with van der Waals surface area (Å²) in [7, 11) is 0. The van der Waals surface area contributed by atoms with Gasteiger partial charge >= 0.3 is 0 Å². The Labute approximate surface area is 160 Å². The van der Waals surface area contributed by atoms with Gasteiger partial charge in [-0.1, -0.05) is 17.7 Å². The molecule has 1 aliphatic heterocycles. The highest BCUT2D eigenvalue weighted by atomic mass is 19.1. The Morgan fingerprint density at radius 1 is 1.25 bits per heavy atom. The van der Waals surface area contributed by atoms with Crippen LogP contribution in [0.1, 0.15) is 34.5 Å². The third kappa shape index (κ3) is 3.18. The van der Waals surface area contributed by atoms with Gasteiger partial charge < -0.3 is 14.4 Å². The normalized spacial score (nSPS) is 16.3. The number of aromatic nitrogens is 1. The first-order valence-electron chi connectivity index (χ1n) is 9.04. The van der Waals surface area contributed by atoms with E-state index < -0.39 is 17.5 Å². The number of aliphatic hydroxyl groups is 1. The molecule has 0 unspecified atom stereocenters. The van der Waals surface area contributed by atoms with E-state index in [-0.39, 0.29) is 42.7 Å². The first-order chi connectivity index (χ1) is 13.4. The molecule has 0 spiro atoms. The van der Waals surface area contributed by atoms with Crippen LogP contribution < -0.4 is 5.43 Å². The quantitative estimate of drug-likeness (QED) is 0.689. The smallest absolute Gasteiger partial charge is 0.289 e. The summed E-state index contributed by atoms with van der Waals surface area (Å²) in [6.07, 6.45) is 1.65. The molecule has 0 bridgehead atoms. The second kappa shape index (κ2) is 6.83. The van der Waals surface area contributed by atoms with Gasteiger partial charge in [-0.25, -0.2) is 4.98 Å². The maximum Gasteiger partial charge on any atom is 0.289 e. The van der Waals surface area contributed by atoms with Crippen molar-refractivity contribution in [1.82, 2.24) is 9.88 Å². The summed E-state index contributed by atoms with van der Waals surface area (Å²) in [5, 5.41) is 11.2. The van der Waals surface area contributed by atoms with Gasteiger partial charge in [0.2, 0.25) is 5.95 Å². The summed E-state index contributed by atoms with van der Waals surface area (Å²) in [6.45, 7) is 2.29. The zero-order valence-electron chi connectivity index (χ0n) is 15.3. The second-order valence-electron chi connectivity index (χ2n) is 7.14. The fraction of sp³-hybridized carbons (Fsp3) is 0.286. The van der Waals surface area contributed by atoms with Crippen LogP contribution in [0, 0.1) is 12.9 Å². The van der Waals surface area contributed by atoms with E-state index in [1.165, 1.54) is 23.2 Å². The number of hydrogen-bond donors (Lipinski definition) is 1. The van der Waals surface area contributed by atoms with Crippen LogP contribution in [0.15, 0.2) is 51.8 Å². The van der Waals surface area contributed by atoms with Gasteiger partial charge in [0.05, 0.1) is 11.0 Å². The Morgan fingerprint density at radius 3 is 2.71 bits per heavy atom. The fourth-order valence-electron chi connectivity index (χ4n) is 3.61. The fourth-order valence-corrected chi connectivity index (χ4v) is 3.61. The van der Waals surface area contributed by atoms with Gasteiger partial charge in [0.1, 0.15) is 5.58 Å². The zero-order chi connectivity index (χ0) is 19.9. The molecule has 0 atom stereocenters. The lowest BCUT2D eigenvalue weighted by atomic mass is 9.85. The predicted octanol–water partition coefficient (Wildman–Crippen LogP) is 2.76. The van der Waals surface area contributed by atoms with Gasteiger partial charge in [-0.2, -0.15) is 4.39 Å². The van der Waals surface area contributed by atoms with Crippen molar-refractivity contribution in [2.24, 2.45) is 0 Å². The largest absolute Gasteiger partial charge is 0.451 e. The molecule has 1 amide bonds. The highest BCUT2D eigenvalue weighted by molar-refractivity contribution is 5.93. The molecule has 3 aromatic rings. The lowest BCUT2D eigenvalue weighted by Crippen LogP contribution is -2.45. The number of likely N-dealkylation sites (tertiary alicyclic amines) is 1. The van der Waals surface area contributed by atoms with E-state index in [0.29, 0.717) is 11.0 Å². The van der Waals surface area contributed by atoms with E-state index >= 15 is 0 Å². The number of carbonyl (C=O) groups is 1. The maximum atomic E-state index is 14.0. The van der Waals surface area contributed by atoms with Crippen LogP contribution in [0.25, 0.3) is 11.0 Å². The predicted molar refractivity (Wildman–Crippen MR) is 100 cm³/mol. The number of rotatable bonds is 2. The number of halogens is 1. The molecule has 1 aromatic carbocycles. The van der Waals surface area contributed by atoms with Gasteiger partial charge in [-0.05, 0) is 38.0 Å². The van der Waals surface area contributed by atoms with Gasteiger partial charge in [0.15, 0.2) is 11.2 Å². The van der Waals surface area contributed by atoms with Gasteiger partial charge in [-0.15, -0.1) is 0 Å². The van der Waals surface area contributed by atoms with E-state index in [2.05, 4.69) is 4.98 Å². The molecule has 0 radical (unpaired) electrons. The summed E-state index contributed by atoms with van der Waals surface area (Å²) in [6, 6.07) is 9.47. The number of piperidine rings is 1. The van der Waals surface area contributed by atoms with Crippen molar-refractivity contribution >= 4 is 16.9 Å². The van der Waals surface area contributed by atoms with Crippen LogP contribution >= 0.6 is 0 Å². The monoisotopic (exact) mass is 382 g/mol. The van der Waals surface area contributed by atoms with Crippen LogP contribution in [0.3, 0.4) is 0 Å². The van der Waals surface area contributed by atoms with Crippen molar-refractivity contribution < 1.29 is 18.7 Å². The molecule has 28 heavy (non-hydrogen) atoms. The number of hydrogen-bond acceptors (Lipinski definition) is 5. The van der Waals surface area contributed by atoms with E-state index in [1.54, 1.807) is 18.2 Å². The third-order valence-corrected chi connectivity index (χ3v) is 5.23. The Kier molecular flexibility index (Phi) is 4.47. The molecular weight excluding hydrogens is 363 g/mol. The molecule has 6 nitrogen and oxygen atoms in total. The topological polar surface area (TPSA) is 83.6 Å². The summed E-state index contributed by atoms with van der Waals surface area (Å²) in [4.78, 5) is 30.2. The zero-order valence-corrected chi connectivity index (χ0v) is 15.3. The lowest BCUT2D eigenvalue weighted by molar-refractivity contribution is -0.0247. The lowest BCUT2D eigenvalue weighted by Gasteiger charge is -2.38. The molecule has 1 N–H and O–H groups in total. The molecule has 144 valence electrons. The van der Waals surface area contributed by atoms with Crippen molar-refractivity contribution in [2.75, 3.05) is 13.1 Å². The number of benzene rings is 1. The van der Waals surface area contributed by atoms with Gasteiger partial charge in [-0.3, -0.25) is 9.59 Å². The molecule has 7 heteroatoms. The summed E-state index contributed by atoms with van der Waals surface area (Å²) >= 11 is 0. The molecular formula is C21H19FN2O4. The molecule has 2 aromatic heterocycles. The Hall–Kier alpha value is -3.06. The van der Waals surface area contributed by atoms with Gasteiger partial charge in [0, 0.05) is 30.9 Å². The number of pyridine rings is 1. The van der Waals surface area contributed by atoms with Gasteiger partial charge in [0.25, 0.3) is 5.91 Å². The second-order valence-corrected chi connectivity index (χ2v) is 7.14. The SMILES string of the molecule is Cc1ccc2oc(C(=O)N3CCC(O)(c4cccnc4F)CC3)cc(=O)c2c1. The highest BCUT2D eigenvalue weighted by Crippen LogP contribution is 2.34. The molecule has 0 aliphatic carbocycles. The number of nitrogens with zero attached hydrogens (tertiary/aromatic N) is 2. The van der Waals surface area contributed by atoms with Crippen LogP contribution in [0.5, 0.6) is 0 Å². The van der Waals surface area contributed by atoms with Crippen LogP contribution in [0.4, 0.5) is 4.39 Å². The van der Waals surface area contributed by atoms with Crippen LogP contribution in [0.2, 0.25) is 0 Å². The minimum atomic E-state index is -1.38. The maximum absolute atomic E-state index is 14.0. The molecule has 0 saturated carbocycles. The van der Waals surface area contributed by atoms with Crippen molar-refractivity contribution in [2.45, 2.75) is 25.4 Å². The van der Waals surface area contributed by atoms with E-state index in [0.717, 1.165) is 5.56 Å². The average molecular weight is 382 g/mol. The minimum Gasteiger partial charge on any atom is -0.451 e. The first-order valence-corrected chi connectivity index (χ1v) is 9.04. The Morgan fingerprint density at radius 2 is 2.00 bits per heavy atom. The standard InChI is InChI=1S/C21H19FN2O4/c1-13-4-5-17-14(11-13)16(25)12-18(28-17)20(26)24-9-6-21(27,7-10-24)15-3-2-8-23-19(15)22/h2-5,8,11-12,27H,6-7,9-10H2,1H3. The van der Waals surface area contributed by atoms with Crippen molar-refractivity contribution in [3.05, 3.63) is 75.7 Å². The Balaban J connectivity index is 1.56. The number of amides is 1. The van der Waals surface area contributed by atoms with Crippen LogP contribution in [-0.4, -0.2) is 34.0 Å². The Bertz CT molecular complexity index is 1120. The summed E-state index contributed by atoms with van der Waals surface area (Å²) in [5.41, 5.74) is -0.241. The molecule has 4 rings (SSSR count).